The molecule has 0 radical (unpaired) electrons. The Bertz CT molecular complexity index is 1490. The predicted molar refractivity (Wildman–Crippen MR) is 124 cm³/mol. The summed E-state index contributed by atoms with van der Waals surface area (Å²) in [5, 5.41) is 34.8. The van der Waals surface area contributed by atoms with Crippen LogP contribution in [0.25, 0.3) is 16.4 Å². The molecular formula is C19H12BrN7O5S. The number of nitrogens with one attached hydrogen (secondary N) is 1. The molecule has 166 valence electrons. The summed E-state index contributed by atoms with van der Waals surface area (Å²) in [6.45, 7) is 1.65. The van der Waals surface area contributed by atoms with E-state index in [0.717, 1.165) is 0 Å². The van der Waals surface area contributed by atoms with Gasteiger partial charge in [-0.05, 0) is 28.9 Å². The quantitative estimate of drug-likeness (QED) is 0.194. The fraction of sp³-hybridized carbons (Fsp3) is 0.0526. The van der Waals surface area contributed by atoms with E-state index in [9.17, 15) is 25.0 Å². The van der Waals surface area contributed by atoms with Gasteiger partial charge in [0.25, 0.3) is 11.4 Å². The van der Waals surface area contributed by atoms with E-state index in [1.165, 1.54) is 46.4 Å². The van der Waals surface area contributed by atoms with Crippen LogP contribution >= 0.6 is 27.3 Å². The van der Waals surface area contributed by atoms with Crippen LogP contribution in [0.3, 0.4) is 0 Å². The van der Waals surface area contributed by atoms with Gasteiger partial charge in [-0.1, -0.05) is 12.1 Å². The third kappa shape index (κ3) is 4.47. The Hall–Kier alpha value is -4.04. The van der Waals surface area contributed by atoms with Gasteiger partial charge in [0, 0.05) is 35.2 Å². The first-order valence-corrected chi connectivity index (χ1v) is 10.8. The Morgan fingerprint density at radius 2 is 1.82 bits per heavy atom. The van der Waals surface area contributed by atoms with Gasteiger partial charge < -0.3 is 0 Å². The predicted octanol–water partition coefficient (Wildman–Crippen LogP) is 5.59. The minimum absolute atomic E-state index is 0.0485. The fourth-order valence-electron chi connectivity index (χ4n) is 2.86. The minimum Gasteiger partial charge on any atom is -0.291 e. The summed E-state index contributed by atoms with van der Waals surface area (Å²) in [6, 6.07) is 10.0. The molecule has 2 aromatic carbocycles. The van der Waals surface area contributed by atoms with E-state index >= 15 is 0 Å². The third-order valence-corrected chi connectivity index (χ3v) is 5.94. The highest BCUT2D eigenvalue weighted by molar-refractivity contribution is 9.10. The van der Waals surface area contributed by atoms with Crippen molar-refractivity contribution in [2.24, 2.45) is 10.2 Å². The number of hydrogen-bond acceptors (Lipinski definition) is 9. The molecule has 0 saturated heterocycles. The Balaban J connectivity index is 1.65. The van der Waals surface area contributed by atoms with Crippen molar-refractivity contribution in [2.45, 2.75) is 6.92 Å². The number of H-pyrrole nitrogens is 1. The van der Waals surface area contributed by atoms with Crippen LogP contribution in [-0.4, -0.2) is 24.6 Å². The van der Waals surface area contributed by atoms with Crippen molar-refractivity contribution < 1.29 is 9.85 Å². The third-order valence-electron chi connectivity index (χ3n) is 4.48. The Kier molecular flexibility index (Phi) is 5.93. The molecule has 0 aliphatic rings. The highest BCUT2D eigenvalue weighted by atomic mass is 79.9. The average Bonchev–Trinajstić information content (AvgIpc) is 3.38. The van der Waals surface area contributed by atoms with Gasteiger partial charge in [0.15, 0.2) is 5.69 Å². The molecule has 0 fully saturated rings. The summed E-state index contributed by atoms with van der Waals surface area (Å²) in [4.78, 5) is 38.1. The lowest BCUT2D eigenvalue weighted by Crippen LogP contribution is -2.13. The van der Waals surface area contributed by atoms with Gasteiger partial charge in [-0.2, -0.15) is 4.68 Å². The summed E-state index contributed by atoms with van der Waals surface area (Å²) in [7, 11) is 0. The Labute approximate surface area is 196 Å². The van der Waals surface area contributed by atoms with E-state index in [-0.39, 0.29) is 17.1 Å². The maximum atomic E-state index is 12.9. The first-order valence-electron chi connectivity index (χ1n) is 9.12. The summed E-state index contributed by atoms with van der Waals surface area (Å²) >= 11 is 4.38. The molecule has 0 unspecified atom stereocenters. The van der Waals surface area contributed by atoms with E-state index in [1.54, 1.807) is 24.4 Å². The van der Waals surface area contributed by atoms with Crippen molar-refractivity contribution in [3.8, 4) is 16.4 Å². The Morgan fingerprint density at radius 3 is 2.52 bits per heavy atom. The molecule has 0 amide bonds. The summed E-state index contributed by atoms with van der Waals surface area (Å²) in [5.74, 6) is 0. The molecule has 2 heterocycles. The van der Waals surface area contributed by atoms with Crippen molar-refractivity contribution in [3.05, 3.63) is 88.6 Å². The smallest absolute Gasteiger partial charge is 0.291 e. The summed E-state index contributed by atoms with van der Waals surface area (Å²) < 4.78 is 1.57. The second-order valence-electron chi connectivity index (χ2n) is 6.64. The summed E-state index contributed by atoms with van der Waals surface area (Å²) in [6.07, 6.45) is 0. The molecule has 33 heavy (non-hydrogen) atoms. The molecule has 0 spiro atoms. The molecule has 0 saturated carbocycles. The normalized spacial score (nSPS) is 11.2. The number of hydrogen-bond donors (Lipinski definition) is 1. The van der Waals surface area contributed by atoms with Crippen molar-refractivity contribution in [3.63, 3.8) is 0 Å². The molecule has 0 aliphatic heterocycles. The van der Waals surface area contributed by atoms with Crippen LogP contribution < -0.4 is 5.56 Å². The highest BCUT2D eigenvalue weighted by Gasteiger charge is 2.17. The zero-order valence-electron chi connectivity index (χ0n) is 16.6. The van der Waals surface area contributed by atoms with Crippen LogP contribution in [0.1, 0.15) is 5.69 Å². The van der Waals surface area contributed by atoms with Gasteiger partial charge in [0.1, 0.15) is 5.69 Å². The van der Waals surface area contributed by atoms with Crippen LogP contribution in [0.4, 0.5) is 22.7 Å². The van der Waals surface area contributed by atoms with Crippen molar-refractivity contribution >= 4 is 50.0 Å². The maximum absolute atomic E-state index is 12.9. The molecule has 14 heteroatoms. The van der Waals surface area contributed by atoms with Gasteiger partial charge in [-0.15, -0.1) is 21.6 Å². The van der Waals surface area contributed by atoms with Crippen molar-refractivity contribution in [1.82, 2.24) is 14.8 Å². The first-order chi connectivity index (χ1) is 15.7. The SMILES string of the molecule is Cc1[nH]n(-c2nc(-c3cccc([N+](=O)[O-])c3)cs2)c(=O)c1N=Nc1ccc([N+](=O)[O-])cc1Br. The van der Waals surface area contributed by atoms with Gasteiger partial charge >= 0.3 is 5.56 Å². The van der Waals surface area contributed by atoms with Crippen molar-refractivity contribution in [2.75, 3.05) is 0 Å². The zero-order chi connectivity index (χ0) is 23.7. The molecular weight excluding hydrogens is 518 g/mol. The van der Waals surface area contributed by atoms with Crippen LogP contribution in [0.5, 0.6) is 0 Å². The largest absolute Gasteiger partial charge is 0.301 e. The molecule has 12 nitrogen and oxygen atoms in total. The monoisotopic (exact) mass is 529 g/mol. The van der Waals surface area contributed by atoms with E-state index in [2.05, 4.69) is 36.2 Å². The van der Waals surface area contributed by atoms with Crippen molar-refractivity contribution in [1.29, 1.82) is 0 Å². The lowest BCUT2D eigenvalue weighted by atomic mass is 10.1. The van der Waals surface area contributed by atoms with Gasteiger partial charge in [0.05, 0.1) is 25.7 Å². The first kappa shape index (κ1) is 22.2. The molecule has 0 bridgehead atoms. The average molecular weight is 530 g/mol. The molecule has 0 atom stereocenters. The number of non-ortho nitro benzene ring substituents is 2. The fourth-order valence-corrected chi connectivity index (χ4v) is 4.10. The van der Waals surface area contributed by atoms with Gasteiger partial charge in [0.2, 0.25) is 5.13 Å². The second kappa shape index (κ2) is 8.84. The molecule has 4 aromatic rings. The lowest BCUT2D eigenvalue weighted by Gasteiger charge is -1.97. The van der Waals surface area contributed by atoms with Gasteiger partial charge in [-0.25, -0.2) is 4.98 Å². The number of aryl methyl sites for hydroxylation is 1. The second-order valence-corrected chi connectivity index (χ2v) is 8.33. The Morgan fingerprint density at radius 1 is 1.09 bits per heavy atom. The van der Waals surface area contributed by atoms with Crippen LogP contribution in [0, 0.1) is 27.2 Å². The van der Waals surface area contributed by atoms with E-state index < -0.39 is 15.4 Å². The van der Waals surface area contributed by atoms with E-state index in [4.69, 9.17) is 0 Å². The number of nitrogens with zero attached hydrogens (tertiary/aromatic N) is 6. The van der Waals surface area contributed by atoms with Crippen LogP contribution in [0.2, 0.25) is 0 Å². The molecule has 4 rings (SSSR count). The minimum atomic E-state index is -0.531. The van der Waals surface area contributed by atoms with E-state index in [0.29, 0.717) is 32.2 Å². The van der Waals surface area contributed by atoms with Crippen LogP contribution in [0.15, 0.2) is 67.3 Å². The number of thiazole rings is 1. The topological polar surface area (TPSA) is 162 Å². The number of aromatic nitrogens is 3. The molecule has 2 aromatic heterocycles. The van der Waals surface area contributed by atoms with E-state index in [1.807, 2.05) is 0 Å². The summed E-state index contributed by atoms with van der Waals surface area (Å²) in [5.41, 5.74) is 1.17. The number of nitro groups is 2. The highest BCUT2D eigenvalue weighted by Crippen LogP contribution is 2.31. The number of benzene rings is 2. The van der Waals surface area contributed by atoms with Gasteiger partial charge in [-0.3, -0.25) is 30.1 Å². The van der Waals surface area contributed by atoms with Crippen LogP contribution in [-0.2, 0) is 0 Å². The number of nitro benzene ring substituents is 2. The zero-order valence-corrected chi connectivity index (χ0v) is 19.0. The number of halogens is 1. The number of rotatable bonds is 6. The maximum Gasteiger partial charge on any atom is 0.301 e. The number of azo groups is 1. The number of aromatic amines is 1. The standard InChI is InChI=1S/C19H12BrN7O5S/c1-10-17(23-22-15-6-5-13(27(31)32)8-14(15)20)18(28)25(24-10)19-21-16(9-33-19)11-3-2-4-12(7-11)26(29)30/h2-9,24H,1H3. The molecule has 0 aliphatic carbocycles. The lowest BCUT2D eigenvalue weighted by molar-refractivity contribution is -0.385. The molecule has 1 N–H and O–H groups in total.